The van der Waals surface area contributed by atoms with E-state index in [2.05, 4.69) is 5.10 Å². The number of ether oxygens (including phenoxy) is 1. The molecule has 18 heavy (non-hydrogen) atoms. The fraction of sp³-hybridized carbons (Fsp3) is 0.0833. The van der Waals surface area contributed by atoms with Crippen LogP contribution in [0.3, 0.4) is 0 Å². The highest BCUT2D eigenvalue weighted by Gasteiger charge is 2.02. The van der Waals surface area contributed by atoms with Crippen LogP contribution < -0.4 is 27.6 Å². The normalized spacial score (nSPS) is 11.5. The second kappa shape index (κ2) is 4.70. The van der Waals surface area contributed by atoms with Crippen LogP contribution in [0.1, 0.15) is 5.56 Å². The molecule has 94 valence electrons. The molecule has 2 rings (SSSR count). The van der Waals surface area contributed by atoms with Crippen LogP contribution in [0.2, 0.25) is 0 Å². The van der Waals surface area contributed by atoms with Gasteiger partial charge in [-0.25, -0.2) is 0 Å². The van der Waals surface area contributed by atoms with Gasteiger partial charge in [0.2, 0.25) is 0 Å². The molecule has 1 aromatic heterocycles. The molecule has 6 N–H and O–H groups in total. The maximum absolute atomic E-state index is 5.72. The van der Waals surface area contributed by atoms with E-state index in [9.17, 15) is 0 Å². The fourth-order valence-electron chi connectivity index (χ4n) is 1.56. The fourth-order valence-corrected chi connectivity index (χ4v) is 1.56. The molecule has 2 aromatic rings. The minimum Gasteiger partial charge on any atom is -0.457 e. The standard InChI is InChI=1S/C12H15N5O/c1-8-6-9(13)2-3-11(8)18-10-4-5-17(15)12(7-10)16-14/h2-7H,13-15H2,1H3/b16-12-. The van der Waals surface area contributed by atoms with Gasteiger partial charge in [-0.15, -0.1) is 0 Å². The summed E-state index contributed by atoms with van der Waals surface area (Å²) in [6.07, 6.45) is 1.62. The summed E-state index contributed by atoms with van der Waals surface area (Å²) in [6, 6.07) is 8.81. The lowest BCUT2D eigenvalue weighted by Crippen LogP contribution is -2.28. The lowest BCUT2D eigenvalue weighted by Gasteiger charge is -2.10. The average molecular weight is 245 g/mol. The Kier molecular flexibility index (Phi) is 3.09. The predicted octanol–water partition coefficient (Wildman–Crippen LogP) is 0.659. The van der Waals surface area contributed by atoms with Gasteiger partial charge >= 0.3 is 0 Å². The van der Waals surface area contributed by atoms with Crippen molar-refractivity contribution in [1.82, 2.24) is 4.68 Å². The maximum atomic E-state index is 5.72. The lowest BCUT2D eigenvalue weighted by atomic mass is 10.2. The van der Waals surface area contributed by atoms with Gasteiger partial charge in [-0.1, -0.05) is 0 Å². The van der Waals surface area contributed by atoms with Crippen molar-refractivity contribution in [3.05, 3.63) is 47.6 Å². The topological polar surface area (TPSA) is 105 Å². The first-order chi connectivity index (χ1) is 8.60. The van der Waals surface area contributed by atoms with Gasteiger partial charge in [-0.2, -0.15) is 5.10 Å². The molecule has 0 unspecified atom stereocenters. The molecule has 0 aliphatic carbocycles. The van der Waals surface area contributed by atoms with Crippen molar-refractivity contribution >= 4 is 5.69 Å². The highest BCUT2D eigenvalue weighted by molar-refractivity contribution is 5.48. The van der Waals surface area contributed by atoms with E-state index in [1.54, 1.807) is 24.4 Å². The first-order valence-electron chi connectivity index (χ1n) is 5.36. The van der Waals surface area contributed by atoms with Crippen molar-refractivity contribution in [2.45, 2.75) is 6.92 Å². The summed E-state index contributed by atoms with van der Waals surface area (Å²) in [4.78, 5) is 0. The molecule has 6 nitrogen and oxygen atoms in total. The molecular formula is C12H15N5O. The van der Waals surface area contributed by atoms with Crippen molar-refractivity contribution in [2.75, 3.05) is 11.6 Å². The third-order valence-electron chi connectivity index (χ3n) is 2.49. The van der Waals surface area contributed by atoms with E-state index in [0.717, 1.165) is 11.3 Å². The molecule has 0 amide bonds. The maximum Gasteiger partial charge on any atom is 0.174 e. The Labute approximate surface area is 104 Å². The van der Waals surface area contributed by atoms with Gasteiger partial charge in [0.1, 0.15) is 11.5 Å². The third kappa shape index (κ3) is 2.37. The molecule has 0 aliphatic heterocycles. The summed E-state index contributed by atoms with van der Waals surface area (Å²) in [5.41, 5.74) is 7.75. The first kappa shape index (κ1) is 11.8. The molecular weight excluding hydrogens is 230 g/mol. The number of hydrogen-bond donors (Lipinski definition) is 3. The van der Waals surface area contributed by atoms with E-state index < -0.39 is 0 Å². The third-order valence-corrected chi connectivity index (χ3v) is 2.49. The van der Waals surface area contributed by atoms with E-state index in [1.807, 2.05) is 19.1 Å². The van der Waals surface area contributed by atoms with Crippen molar-refractivity contribution in [3.8, 4) is 11.5 Å². The van der Waals surface area contributed by atoms with Crippen LogP contribution in [-0.4, -0.2) is 4.68 Å². The first-order valence-corrected chi connectivity index (χ1v) is 5.36. The zero-order chi connectivity index (χ0) is 13.1. The van der Waals surface area contributed by atoms with Crippen LogP contribution in [0.5, 0.6) is 11.5 Å². The van der Waals surface area contributed by atoms with Gasteiger partial charge in [0.05, 0.1) is 0 Å². The summed E-state index contributed by atoms with van der Waals surface area (Å²) >= 11 is 0. The Morgan fingerprint density at radius 1 is 1.22 bits per heavy atom. The largest absolute Gasteiger partial charge is 0.457 e. The van der Waals surface area contributed by atoms with Crippen LogP contribution in [-0.2, 0) is 0 Å². The SMILES string of the molecule is Cc1cc(N)ccc1Oc1ccn(N)/c(=N\N)c1. The van der Waals surface area contributed by atoms with Crippen molar-refractivity contribution in [1.29, 1.82) is 0 Å². The van der Waals surface area contributed by atoms with Crippen molar-refractivity contribution in [3.63, 3.8) is 0 Å². The van der Waals surface area contributed by atoms with Crippen molar-refractivity contribution in [2.24, 2.45) is 10.9 Å². The Morgan fingerprint density at radius 3 is 2.67 bits per heavy atom. The number of benzene rings is 1. The smallest absolute Gasteiger partial charge is 0.174 e. The number of anilines is 1. The molecule has 0 fully saturated rings. The summed E-state index contributed by atoms with van der Waals surface area (Å²) in [7, 11) is 0. The zero-order valence-electron chi connectivity index (χ0n) is 10.00. The number of nitrogen functional groups attached to an aromatic ring is 2. The van der Waals surface area contributed by atoms with Gasteiger partial charge in [-0.3, -0.25) is 4.68 Å². The predicted molar refractivity (Wildman–Crippen MR) is 70.0 cm³/mol. The van der Waals surface area contributed by atoms with Crippen LogP contribution in [0.25, 0.3) is 0 Å². The summed E-state index contributed by atoms with van der Waals surface area (Å²) in [5, 5.41) is 3.55. The monoisotopic (exact) mass is 245 g/mol. The molecule has 0 saturated carbocycles. The van der Waals surface area contributed by atoms with E-state index >= 15 is 0 Å². The Bertz CT molecular complexity index is 633. The van der Waals surface area contributed by atoms with E-state index in [4.69, 9.17) is 22.2 Å². The minimum absolute atomic E-state index is 0.417. The highest BCUT2D eigenvalue weighted by atomic mass is 16.5. The summed E-state index contributed by atoms with van der Waals surface area (Å²) in [6.45, 7) is 1.92. The van der Waals surface area contributed by atoms with Gasteiger partial charge < -0.3 is 22.2 Å². The Hall–Kier alpha value is -2.63. The number of nitrogens with zero attached hydrogens (tertiary/aromatic N) is 2. The Morgan fingerprint density at radius 2 is 2.00 bits per heavy atom. The van der Waals surface area contributed by atoms with Gasteiger partial charge in [0.15, 0.2) is 5.49 Å². The number of hydrogen-bond acceptors (Lipinski definition) is 5. The molecule has 0 aliphatic rings. The number of pyridine rings is 1. The molecule has 0 spiro atoms. The van der Waals surface area contributed by atoms with Gasteiger partial charge in [-0.05, 0) is 36.8 Å². The van der Waals surface area contributed by atoms with Crippen molar-refractivity contribution < 1.29 is 4.74 Å². The highest BCUT2D eigenvalue weighted by Crippen LogP contribution is 2.25. The molecule has 6 heteroatoms. The van der Waals surface area contributed by atoms with Crippen LogP contribution in [0.4, 0.5) is 5.69 Å². The van der Waals surface area contributed by atoms with E-state index in [-0.39, 0.29) is 0 Å². The molecule has 1 aromatic carbocycles. The average Bonchev–Trinajstić information content (AvgIpc) is 2.35. The second-order valence-corrected chi connectivity index (χ2v) is 3.88. The molecule has 0 saturated heterocycles. The van der Waals surface area contributed by atoms with E-state index in [0.29, 0.717) is 16.9 Å². The lowest BCUT2D eigenvalue weighted by molar-refractivity contribution is 0.476. The van der Waals surface area contributed by atoms with Gasteiger partial charge in [0.25, 0.3) is 0 Å². The molecule has 0 atom stereocenters. The number of aryl methyl sites for hydroxylation is 1. The molecule has 0 bridgehead atoms. The number of rotatable bonds is 2. The quantitative estimate of drug-likeness (QED) is 0.410. The van der Waals surface area contributed by atoms with Crippen LogP contribution in [0, 0.1) is 6.92 Å². The number of nitrogens with two attached hydrogens (primary N) is 3. The summed E-state index contributed by atoms with van der Waals surface area (Å²) in [5.74, 6) is 12.2. The molecule has 1 heterocycles. The zero-order valence-corrected chi connectivity index (χ0v) is 10.00. The van der Waals surface area contributed by atoms with Crippen LogP contribution in [0.15, 0.2) is 41.6 Å². The Balaban J connectivity index is 2.34. The van der Waals surface area contributed by atoms with Gasteiger partial charge in [0, 0.05) is 18.0 Å². The summed E-state index contributed by atoms with van der Waals surface area (Å²) < 4.78 is 7.03. The van der Waals surface area contributed by atoms with Crippen LogP contribution >= 0.6 is 0 Å². The minimum atomic E-state index is 0.417. The van der Waals surface area contributed by atoms with E-state index in [1.165, 1.54) is 4.68 Å². The molecule has 0 radical (unpaired) electrons. The second-order valence-electron chi connectivity index (χ2n) is 3.88. The number of aromatic nitrogens is 1.